The number of hydrogen-bond acceptors (Lipinski definition) is 4. The maximum atomic E-state index is 13.9. The van der Waals surface area contributed by atoms with Crippen molar-refractivity contribution in [2.24, 2.45) is 4.99 Å². The summed E-state index contributed by atoms with van der Waals surface area (Å²) in [5.41, 5.74) is 5.77. The molecule has 0 unspecified atom stereocenters. The Labute approximate surface area is 236 Å². The lowest BCUT2D eigenvalue weighted by Crippen LogP contribution is -2.38. The molecule has 3 aromatic carbocycles. The van der Waals surface area contributed by atoms with Gasteiger partial charge < -0.3 is 4.42 Å². The molecule has 8 heteroatoms. The molecule has 7 rings (SSSR count). The smallest absolute Gasteiger partial charge is 0.271 e. The summed E-state index contributed by atoms with van der Waals surface area (Å²) < 4.78 is 22.1. The Balaban J connectivity index is 1.39. The van der Waals surface area contributed by atoms with Gasteiger partial charge in [0.2, 0.25) is 0 Å². The molecule has 0 radical (unpaired) electrons. The summed E-state index contributed by atoms with van der Waals surface area (Å²) in [6, 6.07) is 23.2. The van der Waals surface area contributed by atoms with Crippen LogP contribution in [0.25, 0.3) is 23.1 Å². The molecule has 192 valence electrons. The molecule has 2 aliphatic rings. The van der Waals surface area contributed by atoms with Crippen LogP contribution < -0.4 is 14.9 Å². The van der Waals surface area contributed by atoms with Crippen LogP contribution in [0.1, 0.15) is 34.9 Å². The van der Waals surface area contributed by atoms with Crippen molar-refractivity contribution in [2.45, 2.75) is 18.9 Å². The predicted octanol–water partition coefficient (Wildman–Crippen LogP) is 7.02. The summed E-state index contributed by atoms with van der Waals surface area (Å²) in [7, 11) is 0. The molecule has 0 saturated heterocycles. The first-order chi connectivity index (χ1) is 19.0. The van der Waals surface area contributed by atoms with Gasteiger partial charge in [-0.25, -0.2) is 9.38 Å². The van der Waals surface area contributed by atoms with Gasteiger partial charge in [-0.05, 0) is 72.0 Å². The fraction of sp³-hybridized carbons (Fsp3) is 0.0968. The van der Waals surface area contributed by atoms with Crippen LogP contribution in [0.2, 0.25) is 10.0 Å². The molecule has 5 aromatic rings. The molecule has 0 amide bonds. The van der Waals surface area contributed by atoms with Crippen LogP contribution >= 0.6 is 34.5 Å². The lowest BCUT2D eigenvalue weighted by Gasteiger charge is -2.30. The molecular weight excluding hydrogens is 554 g/mol. The Morgan fingerprint density at radius 1 is 0.974 bits per heavy atom. The zero-order valence-electron chi connectivity index (χ0n) is 20.3. The Morgan fingerprint density at radius 2 is 1.79 bits per heavy atom. The van der Waals surface area contributed by atoms with E-state index in [0.717, 1.165) is 40.8 Å². The average Bonchev–Trinajstić information content (AvgIpc) is 3.54. The molecular formula is C31H19Cl2FN2O2S. The van der Waals surface area contributed by atoms with E-state index in [1.807, 2.05) is 30.3 Å². The number of furan rings is 1. The molecule has 39 heavy (non-hydrogen) atoms. The van der Waals surface area contributed by atoms with E-state index in [1.165, 1.54) is 29.0 Å². The van der Waals surface area contributed by atoms with Crippen LogP contribution in [-0.2, 0) is 6.42 Å². The monoisotopic (exact) mass is 572 g/mol. The van der Waals surface area contributed by atoms with Crippen LogP contribution in [0.15, 0.2) is 98.6 Å². The Bertz CT molecular complexity index is 1990. The molecule has 1 aliphatic heterocycles. The number of nitrogens with zero attached hydrogens (tertiary/aromatic N) is 2. The third kappa shape index (κ3) is 4.20. The second-order valence-corrected chi connectivity index (χ2v) is 11.3. The Morgan fingerprint density at radius 3 is 2.62 bits per heavy atom. The average molecular weight is 573 g/mol. The maximum Gasteiger partial charge on any atom is 0.271 e. The molecule has 0 fully saturated rings. The molecule has 3 heterocycles. The summed E-state index contributed by atoms with van der Waals surface area (Å²) in [5, 5.41) is 0.904. The number of benzene rings is 3. The van der Waals surface area contributed by atoms with E-state index in [0.29, 0.717) is 30.9 Å². The third-order valence-electron chi connectivity index (χ3n) is 7.16. The minimum Gasteiger partial charge on any atom is -0.457 e. The molecule has 4 nitrogen and oxygen atoms in total. The van der Waals surface area contributed by atoms with E-state index in [2.05, 4.69) is 12.1 Å². The third-order valence-corrected chi connectivity index (χ3v) is 8.88. The number of thiazole rings is 1. The minimum absolute atomic E-state index is 0.161. The number of halogens is 3. The largest absolute Gasteiger partial charge is 0.457 e. The van der Waals surface area contributed by atoms with E-state index >= 15 is 0 Å². The fourth-order valence-corrected chi connectivity index (χ4v) is 6.61. The second-order valence-electron chi connectivity index (χ2n) is 9.50. The SMILES string of the molecule is O=c1/c(=C\c2ccc(-c3ccc(Cl)c(Cl)c3)o2)sc2n1[C@@H](c1ccc(F)cc1)C1=C(N=2)c2ccccc2CC1. The summed E-state index contributed by atoms with van der Waals surface area (Å²) in [5.74, 6) is 0.836. The summed E-state index contributed by atoms with van der Waals surface area (Å²) in [6.45, 7) is 0. The highest BCUT2D eigenvalue weighted by molar-refractivity contribution is 7.07. The van der Waals surface area contributed by atoms with Crippen molar-refractivity contribution in [3.63, 3.8) is 0 Å². The lowest BCUT2D eigenvalue weighted by atomic mass is 9.83. The van der Waals surface area contributed by atoms with Gasteiger partial charge in [0.05, 0.1) is 26.3 Å². The van der Waals surface area contributed by atoms with Gasteiger partial charge in [0.25, 0.3) is 5.56 Å². The van der Waals surface area contributed by atoms with Crippen molar-refractivity contribution < 1.29 is 8.81 Å². The van der Waals surface area contributed by atoms with E-state index in [1.54, 1.807) is 34.9 Å². The number of allylic oxidation sites excluding steroid dienone is 1. The highest BCUT2D eigenvalue weighted by Crippen LogP contribution is 2.41. The predicted molar refractivity (Wildman–Crippen MR) is 153 cm³/mol. The standard InChI is InChI=1S/C31H19Cl2FN2O2S/c32-24-13-8-19(15-25(24)33)26-14-11-21(38-26)16-27-30(37)36-29(18-5-9-20(34)10-6-18)23-12-7-17-3-1-2-4-22(17)28(23)35-31(36)39-27/h1-6,8-11,13-16,29H,7,12H2/b27-16+/t29-/m0/s1. The van der Waals surface area contributed by atoms with Crippen LogP contribution in [0.3, 0.4) is 0 Å². The summed E-state index contributed by atoms with van der Waals surface area (Å²) >= 11 is 13.5. The van der Waals surface area contributed by atoms with Crippen molar-refractivity contribution in [3.8, 4) is 11.3 Å². The van der Waals surface area contributed by atoms with E-state index in [-0.39, 0.29) is 17.4 Å². The van der Waals surface area contributed by atoms with Gasteiger partial charge in [0.15, 0.2) is 4.80 Å². The number of rotatable bonds is 3. The van der Waals surface area contributed by atoms with Crippen LogP contribution in [-0.4, -0.2) is 4.57 Å². The van der Waals surface area contributed by atoms with E-state index in [4.69, 9.17) is 32.6 Å². The van der Waals surface area contributed by atoms with Gasteiger partial charge in [-0.15, -0.1) is 0 Å². The molecule has 1 aliphatic carbocycles. The van der Waals surface area contributed by atoms with Crippen LogP contribution in [0, 0.1) is 5.82 Å². The van der Waals surface area contributed by atoms with Crippen LogP contribution in [0.4, 0.5) is 4.39 Å². The van der Waals surface area contributed by atoms with Gasteiger partial charge in [0.1, 0.15) is 17.3 Å². The molecule has 1 atom stereocenters. The maximum absolute atomic E-state index is 13.9. The van der Waals surface area contributed by atoms with Gasteiger partial charge >= 0.3 is 0 Å². The zero-order chi connectivity index (χ0) is 26.7. The fourth-order valence-electron chi connectivity index (χ4n) is 5.33. The quantitative estimate of drug-likeness (QED) is 0.233. The highest BCUT2D eigenvalue weighted by Gasteiger charge is 2.32. The summed E-state index contributed by atoms with van der Waals surface area (Å²) in [6.07, 6.45) is 3.37. The number of aryl methyl sites for hydroxylation is 1. The number of aromatic nitrogens is 1. The first kappa shape index (κ1) is 24.3. The second kappa shape index (κ2) is 9.49. The van der Waals surface area contributed by atoms with Gasteiger partial charge in [0, 0.05) is 17.2 Å². The number of hydrogen-bond donors (Lipinski definition) is 0. The Hall–Kier alpha value is -3.71. The van der Waals surface area contributed by atoms with Gasteiger partial charge in [-0.1, -0.05) is 70.9 Å². The highest BCUT2D eigenvalue weighted by atomic mass is 35.5. The first-order valence-electron chi connectivity index (χ1n) is 12.4. The first-order valence-corrected chi connectivity index (χ1v) is 14.0. The molecule has 2 aromatic heterocycles. The molecule has 0 N–H and O–H groups in total. The lowest BCUT2D eigenvalue weighted by molar-refractivity contribution is 0.570. The van der Waals surface area contributed by atoms with Gasteiger partial charge in [-0.2, -0.15) is 0 Å². The summed E-state index contributed by atoms with van der Waals surface area (Å²) in [4.78, 5) is 19.5. The van der Waals surface area contributed by atoms with Crippen molar-refractivity contribution in [3.05, 3.63) is 142 Å². The normalized spacial score (nSPS) is 16.5. The molecule has 0 saturated carbocycles. The number of fused-ring (bicyclic) bond motifs is 3. The van der Waals surface area contributed by atoms with E-state index < -0.39 is 0 Å². The van der Waals surface area contributed by atoms with E-state index in [9.17, 15) is 9.18 Å². The van der Waals surface area contributed by atoms with Crippen LogP contribution in [0.5, 0.6) is 0 Å². The minimum atomic E-state index is -0.365. The molecule has 0 bridgehead atoms. The zero-order valence-corrected chi connectivity index (χ0v) is 22.7. The van der Waals surface area contributed by atoms with Crippen molar-refractivity contribution in [1.29, 1.82) is 0 Å². The molecule has 0 spiro atoms. The van der Waals surface area contributed by atoms with Crippen molar-refractivity contribution >= 4 is 46.3 Å². The van der Waals surface area contributed by atoms with Crippen molar-refractivity contribution in [1.82, 2.24) is 4.57 Å². The van der Waals surface area contributed by atoms with Gasteiger partial charge in [-0.3, -0.25) is 9.36 Å². The topological polar surface area (TPSA) is 47.5 Å². The van der Waals surface area contributed by atoms with Crippen molar-refractivity contribution in [2.75, 3.05) is 0 Å². The Kier molecular flexibility index (Phi) is 5.92.